The van der Waals surface area contributed by atoms with Gasteiger partial charge in [-0.15, -0.1) is 0 Å². The van der Waals surface area contributed by atoms with Crippen LogP contribution < -0.4 is 15.2 Å². The molecular formula is C15H11O. The third kappa shape index (κ3) is 1.50. The molecule has 0 N–H and O–H groups in total. The van der Waals surface area contributed by atoms with Gasteiger partial charge in [0.1, 0.15) is 12.0 Å². The molecule has 1 heterocycles. The van der Waals surface area contributed by atoms with Crippen LogP contribution in [0.5, 0.6) is 5.75 Å². The van der Waals surface area contributed by atoms with Crippen LogP contribution in [0.1, 0.15) is 5.56 Å². The quantitative estimate of drug-likeness (QED) is 0.628. The van der Waals surface area contributed by atoms with E-state index in [2.05, 4.69) is 24.3 Å². The maximum Gasteiger partial charge on any atom is 0.137 e. The van der Waals surface area contributed by atoms with Crippen molar-refractivity contribution >= 4 is 12.3 Å². The Hall–Kier alpha value is -2.02. The summed E-state index contributed by atoms with van der Waals surface area (Å²) in [6.07, 6.45) is 18.0. The van der Waals surface area contributed by atoms with E-state index in [9.17, 15) is 0 Å². The SMILES string of the molecule is [C]1=C\C=C/Cc2ccc3c(/c2=C\C=C/1)=CO3. The summed E-state index contributed by atoms with van der Waals surface area (Å²) in [4.78, 5) is 0. The molecule has 0 saturated carbocycles. The summed E-state index contributed by atoms with van der Waals surface area (Å²) in [5.74, 6) is 0.976. The largest absolute Gasteiger partial charge is 0.463 e. The van der Waals surface area contributed by atoms with Crippen molar-refractivity contribution in [3.8, 4) is 5.75 Å². The van der Waals surface area contributed by atoms with Crippen molar-refractivity contribution in [2.24, 2.45) is 0 Å². The molecule has 1 nitrogen and oxygen atoms in total. The second-order valence-corrected chi connectivity index (χ2v) is 3.78. The molecule has 2 aliphatic rings. The normalized spacial score (nSPS) is 24.1. The highest BCUT2D eigenvalue weighted by Crippen LogP contribution is 2.10. The Balaban J connectivity index is 2.25. The summed E-state index contributed by atoms with van der Waals surface area (Å²) in [6, 6.07) is 4.16. The molecule has 1 aliphatic carbocycles. The third-order valence-corrected chi connectivity index (χ3v) is 2.76. The van der Waals surface area contributed by atoms with Gasteiger partial charge in [-0.05, 0) is 29.3 Å². The molecule has 0 unspecified atom stereocenters. The molecular weight excluding hydrogens is 196 g/mol. The van der Waals surface area contributed by atoms with Crippen LogP contribution in [0.15, 0.2) is 42.5 Å². The lowest BCUT2D eigenvalue weighted by molar-refractivity contribution is 0.495. The maximum absolute atomic E-state index is 5.26. The lowest BCUT2D eigenvalue weighted by Crippen LogP contribution is -2.35. The first-order valence-corrected chi connectivity index (χ1v) is 5.35. The van der Waals surface area contributed by atoms with Crippen molar-refractivity contribution in [2.45, 2.75) is 6.42 Å². The molecule has 1 heteroatoms. The zero-order chi connectivity index (χ0) is 10.8. The van der Waals surface area contributed by atoms with Crippen molar-refractivity contribution in [3.63, 3.8) is 0 Å². The van der Waals surface area contributed by atoms with Crippen LogP contribution in [0.4, 0.5) is 0 Å². The Morgan fingerprint density at radius 3 is 3.00 bits per heavy atom. The van der Waals surface area contributed by atoms with Gasteiger partial charge in [0.05, 0.1) is 5.22 Å². The van der Waals surface area contributed by atoms with Crippen LogP contribution in [0.2, 0.25) is 0 Å². The number of ether oxygens (including phenoxy) is 1. The topological polar surface area (TPSA) is 9.23 Å². The summed E-state index contributed by atoms with van der Waals surface area (Å²) >= 11 is 0. The Kier molecular flexibility index (Phi) is 2.22. The van der Waals surface area contributed by atoms with Crippen LogP contribution in [-0.4, -0.2) is 0 Å². The van der Waals surface area contributed by atoms with Crippen molar-refractivity contribution in [3.05, 3.63) is 64.6 Å². The van der Waals surface area contributed by atoms with E-state index in [1.165, 1.54) is 16.0 Å². The molecule has 0 atom stereocenters. The summed E-state index contributed by atoms with van der Waals surface area (Å²) in [6.45, 7) is 0. The fourth-order valence-corrected chi connectivity index (χ4v) is 1.90. The van der Waals surface area contributed by atoms with Crippen molar-refractivity contribution in [2.75, 3.05) is 0 Å². The van der Waals surface area contributed by atoms with Gasteiger partial charge in [0, 0.05) is 0 Å². The number of rotatable bonds is 0. The molecule has 1 aromatic rings. The van der Waals surface area contributed by atoms with E-state index in [4.69, 9.17) is 4.74 Å². The molecule has 16 heavy (non-hydrogen) atoms. The van der Waals surface area contributed by atoms with Gasteiger partial charge in [-0.2, -0.15) is 0 Å². The summed E-state index contributed by atoms with van der Waals surface area (Å²) in [7, 11) is 0. The van der Waals surface area contributed by atoms with Crippen LogP contribution in [0.25, 0.3) is 12.3 Å². The van der Waals surface area contributed by atoms with Gasteiger partial charge >= 0.3 is 0 Å². The summed E-state index contributed by atoms with van der Waals surface area (Å²) in [5, 5.41) is 2.47. The minimum atomic E-state index is 0.943. The molecule has 0 saturated heterocycles. The molecule has 1 aromatic carbocycles. The zero-order valence-electron chi connectivity index (χ0n) is 8.81. The highest BCUT2D eigenvalue weighted by molar-refractivity contribution is 5.51. The van der Waals surface area contributed by atoms with E-state index < -0.39 is 0 Å². The number of fused-ring (bicyclic) bond motifs is 3. The van der Waals surface area contributed by atoms with Crippen LogP contribution in [0.3, 0.4) is 0 Å². The smallest absolute Gasteiger partial charge is 0.137 e. The lowest BCUT2D eigenvalue weighted by Gasteiger charge is -2.12. The van der Waals surface area contributed by atoms with Crippen LogP contribution in [-0.2, 0) is 6.42 Å². The zero-order valence-corrected chi connectivity index (χ0v) is 8.81. The molecule has 0 aromatic heterocycles. The number of allylic oxidation sites excluding steroid dienone is 6. The predicted molar refractivity (Wildman–Crippen MR) is 65.0 cm³/mol. The van der Waals surface area contributed by atoms with Gasteiger partial charge in [0.2, 0.25) is 0 Å². The van der Waals surface area contributed by atoms with E-state index in [0.29, 0.717) is 0 Å². The molecule has 0 amide bonds. The maximum atomic E-state index is 5.26. The number of benzene rings is 1. The van der Waals surface area contributed by atoms with Gasteiger partial charge in [-0.1, -0.05) is 42.5 Å². The fraction of sp³-hybridized carbons (Fsp3) is 0.0667. The first-order chi connectivity index (χ1) is 7.95. The molecule has 0 bridgehead atoms. The monoisotopic (exact) mass is 207 g/mol. The minimum absolute atomic E-state index is 0.943. The van der Waals surface area contributed by atoms with Crippen LogP contribution in [0, 0.1) is 6.08 Å². The fourth-order valence-electron chi connectivity index (χ4n) is 1.90. The summed E-state index contributed by atoms with van der Waals surface area (Å²) in [5.41, 5.74) is 1.33. The van der Waals surface area contributed by atoms with Gasteiger partial charge in [0.25, 0.3) is 0 Å². The second kappa shape index (κ2) is 3.86. The molecule has 1 aliphatic heterocycles. The number of hydrogen-bond acceptors (Lipinski definition) is 1. The average Bonchev–Trinajstić information content (AvgIpc) is 2.26. The Bertz CT molecular complexity index is 616. The Morgan fingerprint density at radius 1 is 1.12 bits per heavy atom. The Labute approximate surface area is 94.4 Å². The van der Waals surface area contributed by atoms with Gasteiger partial charge in [-0.3, -0.25) is 0 Å². The van der Waals surface area contributed by atoms with Crippen molar-refractivity contribution in [1.82, 2.24) is 0 Å². The molecule has 77 valence electrons. The molecule has 0 spiro atoms. The minimum Gasteiger partial charge on any atom is -0.463 e. The highest BCUT2D eigenvalue weighted by Gasteiger charge is 2.08. The standard InChI is InChI=1S/C15H11O/c1-2-4-6-8-13-12(7-5-3-1)9-10-15-14(13)11-16-15/h1,3-6,8-11H,7H2/b2-1?,5-3-,6-4-,13-8-. The Morgan fingerprint density at radius 2 is 2.12 bits per heavy atom. The van der Waals surface area contributed by atoms with E-state index in [0.717, 1.165) is 12.2 Å². The van der Waals surface area contributed by atoms with Gasteiger partial charge in [0.15, 0.2) is 0 Å². The first kappa shape index (κ1) is 9.22. The summed E-state index contributed by atoms with van der Waals surface area (Å²) < 4.78 is 5.26. The second-order valence-electron chi connectivity index (χ2n) is 3.78. The lowest BCUT2D eigenvalue weighted by atomic mass is 10.0. The van der Waals surface area contributed by atoms with E-state index in [-0.39, 0.29) is 0 Å². The first-order valence-electron chi connectivity index (χ1n) is 5.35. The number of hydrogen-bond donors (Lipinski definition) is 0. The van der Waals surface area contributed by atoms with Gasteiger partial charge in [-0.25, -0.2) is 0 Å². The van der Waals surface area contributed by atoms with E-state index in [1.54, 1.807) is 0 Å². The van der Waals surface area contributed by atoms with Crippen molar-refractivity contribution in [1.29, 1.82) is 0 Å². The van der Waals surface area contributed by atoms with E-state index >= 15 is 0 Å². The third-order valence-electron chi connectivity index (χ3n) is 2.76. The predicted octanol–water partition coefficient (Wildman–Crippen LogP) is 1.63. The molecule has 0 fully saturated rings. The van der Waals surface area contributed by atoms with Crippen molar-refractivity contribution < 1.29 is 4.74 Å². The van der Waals surface area contributed by atoms with E-state index in [1.807, 2.05) is 36.6 Å². The molecule has 1 radical (unpaired) electrons. The van der Waals surface area contributed by atoms with Crippen LogP contribution >= 0.6 is 0 Å². The highest BCUT2D eigenvalue weighted by atomic mass is 16.5. The average molecular weight is 207 g/mol. The molecule has 3 rings (SSSR count). The van der Waals surface area contributed by atoms with Gasteiger partial charge < -0.3 is 4.74 Å².